The van der Waals surface area contributed by atoms with Crippen molar-refractivity contribution >= 4 is 47.9 Å². The highest BCUT2D eigenvalue weighted by Crippen LogP contribution is 2.42. The van der Waals surface area contributed by atoms with Gasteiger partial charge in [-0.05, 0) is 118 Å². The molecule has 1 amide bonds. The van der Waals surface area contributed by atoms with Crippen LogP contribution in [0.5, 0.6) is 0 Å². The van der Waals surface area contributed by atoms with Crippen molar-refractivity contribution in [2.24, 2.45) is 0 Å². The van der Waals surface area contributed by atoms with E-state index >= 15 is 33.6 Å². The van der Waals surface area contributed by atoms with Gasteiger partial charge in [0.15, 0.2) is 49.4 Å². The minimum absolute atomic E-state index is 0.00727. The first-order valence-electron chi connectivity index (χ1n) is 47.1. The number of amides is 1. The molecular formula is C115H105NO27. The van der Waals surface area contributed by atoms with E-state index in [2.05, 4.69) is 0 Å². The Morgan fingerprint density at radius 3 is 0.832 bits per heavy atom. The Morgan fingerprint density at radius 1 is 0.224 bits per heavy atom. The number of esters is 7. The van der Waals surface area contributed by atoms with Crippen molar-refractivity contribution in [2.45, 2.75) is 150 Å². The van der Waals surface area contributed by atoms with Crippen LogP contribution in [0.3, 0.4) is 0 Å². The van der Waals surface area contributed by atoms with E-state index in [0.717, 1.165) is 22.3 Å². The molecule has 0 unspecified atom stereocenters. The van der Waals surface area contributed by atoms with E-state index < -0.39 is 178 Å². The maximum Gasteiger partial charge on any atom is 0.410 e. The third kappa shape index (κ3) is 27.0. The van der Waals surface area contributed by atoms with Gasteiger partial charge in [-0.1, -0.05) is 309 Å². The standard InChI is InChI=1S/C115H105NO27/c117-105(83-52-26-7-27-53-83)130-75-93-97(136-107(119)85-56-30-9-31-57-85)100(137-108(120)86-58-32-10-33-59-86)103(139-110(122)88-62-36-12-37-63-88)114(134-93)143-98-94(76-131-106(118)84-54-28-8-29-55-84)135-113(104(140-111(123)89-64-38-13-39-65-89)101(98)138-109(121)87-60-34-11-35-61-87)142-96-92(74-126-68-78-42-16-2-17-43-78)133-112(102(129-71-81-48-22-5-23-49-81)99(96)128-70-80-46-20-4-21-47-80)141-95-90(73-125-67-77-40-14-1-15-41-77)116(115(124)132-72-82-50-24-6-25-51-82)66-91(95)127-69-79-44-18-3-19-45-79/h1-65,90-104,112-114H,66-76H2/t90-,91-,92+,93+,94+,95+,96+,97+,98+,99-,100-,101-,102+,103+,104+,112+,113-,114-/m0/s1. The van der Waals surface area contributed by atoms with Crippen molar-refractivity contribution < 1.29 is 128 Å². The second kappa shape index (κ2) is 50.4. The average Bonchev–Trinajstić information content (AvgIpc) is 1.59. The van der Waals surface area contributed by atoms with Crippen LogP contribution in [0.2, 0.25) is 0 Å². The third-order valence-corrected chi connectivity index (χ3v) is 24.3. The molecule has 4 saturated heterocycles. The minimum Gasteiger partial charge on any atom is -0.459 e. The van der Waals surface area contributed by atoms with E-state index in [0.29, 0.717) is 11.1 Å². The maximum atomic E-state index is 16.0. The van der Waals surface area contributed by atoms with Crippen LogP contribution in [-0.2, 0) is 130 Å². The molecule has 0 aliphatic carbocycles. The zero-order valence-corrected chi connectivity index (χ0v) is 77.7. The number of ether oxygens (including phenoxy) is 19. The molecule has 732 valence electrons. The zero-order valence-electron chi connectivity index (χ0n) is 77.7. The lowest BCUT2D eigenvalue weighted by atomic mass is 9.94. The molecule has 28 heteroatoms. The number of nitrogens with zero attached hydrogens (tertiary/aromatic N) is 1. The SMILES string of the molecule is O=C(OC[C@H]1O[C@@H](O[C@H]2[C@H](OC(=O)c3ccccc3)[C@@H](OC(=O)c3ccccc3)[C@H](O[C@H]3[C@H](OCc4ccccc4)[C@@H](OCc4ccccc4)[C@@H](O[C@H]4[C@@H](OCc5ccccc5)CN(C(=O)OCc5ccccc5)[C@H]4COCc4ccccc4)O[C@@H]3COCc3ccccc3)O[C@@H]2COC(=O)c2ccccc2)[C@H](OC(=O)c2ccccc2)[C@@H](OC(=O)c2ccccc2)[C@@H]1OC(=O)c1ccccc1)c1ccccc1. The van der Waals surface area contributed by atoms with E-state index in [1.54, 1.807) is 127 Å². The summed E-state index contributed by atoms with van der Waals surface area (Å²) in [7, 11) is 0. The van der Waals surface area contributed by atoms with E-state index in [-0.39, 0.29) is 91.7 Å². The van der Waals surface area contributed by atoms with Gasteiger partial charge in [0.2, 0.25) is 0 Å². The maximum absolute atomic E-state index is 16.0. The Hall–Kier alpha value is -15.0. The topological polar surface area (TPSA) is 315 Å². The summed E-state index contributed by atoms with van der Waals surface area (Å²) >= 11 is 0. The molecular weight excluding hydrogens is 1830 g/mol. The van der Waals surface area contributed by atoms with Gasteiger partial charge in [-0.3, -0.25) is 4.90 Å². The highest BCUT2D eigenvalue weighted by Gasteiger charge is 2.61. The van der Waals surface area contributed by atoms with Crippen LogP contribution < -0.4 is 0 Å². The first kappa shape index (κ1) is 99.5. The summed E-state index contributed by atoms with van der Waals surface area (Å²) in [5.74, 6) is -7.16. The molecule has 13 aromatic rings. The quantitative estimate of drug-likeness (QED) is 0.0254. The molecule has 4 aliphatic rings. The normalized spacial score (nSPS) is 22.9. The van der Waals surface area contributed by atoms with Gasteiger partial charge in [0, 0.05) is 0 Å². The van der Waals surface area contributed by atoms with Gasteiger partial charge in [-0.15, -0.1) is 0 Å². The number of carbonyl (C=O) groups excluding carboxylic acids is 8. The molecule has 17 rings (SSSR count). The molecule has 0 bridgehead atoms. The van der Waals surface area contributed by atoms with Gasteiger partial charge in [-0.2, -0.15) is 0 Å². The van der Waals surface area contributed by atoms with Crippen LogP contribution in [-0.4, -0.2) is 196 Å². The predicted molar refractivity (Wildman–Crippen MR) is 517 cm³/mol. The van der Waals surface area contributed by atoms with Gasteiger partial charge in [0.25, 0.3) is 0 Å². The molecule has 18 atom stereocenters. The van der Waals surface area contributed by atoms with E-state index in [4.69, 9.17) is 90.0 Å². The smallest absolute Gasteiger partial charge is 0.410 e. The van der Waals surface area contributed by atoms with Crippen LogP contribution in [0.4, 0.5) is 4.79 Å². The summed E-state index contributed by atoms with van der Waals surface area (Å²) in [5, 5.41) is 0. The Bertz CT molecular complexity index is 6190. The molecule has 13 aromatic carbocycles. The average molecular weight is 1930 g/mol. The Labute approximate surface area is 826 Å². The Morgan fingerprint density at radius 2 is 0.476 bits per heavy atom. The highest BCUT2D eigenvalue weighted by molar-refractivity contribution is 5.93. The second-order valence-electron chi connectivity index (χ2n) is 34.2. The number of benzene rings is 13. The highest BCUT2D eigenvalue weighted by atomic mass is 16.8. The van der Waals surface area contributed by atoms with Gasteiger partial charge < -0.3 is 90.0 Å². The van der Waals surface area contributed by atoms with Gasteiger partial charge >= 0.3 is 47.9 Å². The summed E-state index contributed by atoms with van der Waals surface area (Å²) in [6.45, 7) is -2.70. The fraction of sp³-hybridized carbons (Fsp3) is 0.252. The van der Waals surface area contributed by atoms with Crippen LogP contribution in [0, 0.1) is 0 Å². The van der Waals surface area contributed by atoms with E-state index in [1.165, 1.54) is 89.8 Å². The van der Waals surface area contributed by atoms with Crippen LogP contribution in [0.25, 0.3) is 0 Å². The molecule has 0 N–H and O–H groups in total. The number of likely N-dealkylation sites (tertiary alicyclic amines) is 1. The largest absolute Gasteiger partial charge is 0.459 e. The van der Waals surface area contributed by atoms with E-state index in [9.17, 15) is 4.79 Å². The molecule has 0 aromatic heterocycles. The van der Waals surface area contributed by atoms with Crippen molar-refractivity contribution in [2.75, 3.05) is 33.0 Å². The fourth-order valence-corrected chi connectivity index (χ4v) is 17.1. The fourth-order valence-electron chi connectivity index (χ4n) is 17.1. The molecule has 0 spiro atoms. The monoisotopic (exact) mass is 1930 g/mol. The van der Waals surface area contributed by atoms with Crippen molar-refractivity contribution in [1.29, 1.82) is 0 Å². The first-order chi connectivity index (χ1) is 70.2. The van der Waals surface area contributed by atoms with Crippen LogP contribution in [0.15, 0.2) is 394 Å². The van der Waals surface area contributed by atoms with Gasteiger partial charge in [0.1, 0.15) is 74.8 Å². The summed E-state index contributed by atoms with van der Waals surface area (Å²) in [6, 6.07) is 110. The van der Waals surface area contributed by atoms with Crippen LogP contribution in [0.1, 0.15) is 106 Å². The summed E-state index contributed by atoms with van der Waals surface area (Å²) in [4.78, 5) is 124. The number of carbonyl (C=O) groups is 8. The number of hydrogen-bond donors (Lipinski definition) is 0. The number of rotatable bonds is 41. The molecule has 0 radical (unpaired) electrons. The summed E-state index contributed by atoms with van der Waals surface area (Å²) in [5.41, 5.74) is 4.33. The zero-order chi connectivity index (χ0) is 98.3. The van der Waals surface area contributed by atoms with Crippen molar-refractivity contribution in [3.05, 3.63) is 467 Å². The van der Waals surface area contributed by atoms with Gasteiger partial charge in [0.05, 0.1) is 97.8 Å². The van der Waals surface area contributed by atoms with Gasteiger partial charge in [-0.25, -0.2) is 38.4 Å². The molecule has 0 saturated carbocycles. The third-order valence-electron chi connectivity index (χ3n) is 24.3. The Kier molecular flexibility index (Phi) is 35.1. The van der Waals surface area contributed by atoms with Crippen molar-refractivity contribution in [1.82, 2.24) is 4.90 Å². The summed E-state index contributed by atoms with van der Waals surface area (Å²) < 4.78 is 133. The first-order valence-corrected chi connectivity index (χ1v) is 47.1. The lowest BCUT2D eigenvalue weighted by molar-refractivity contribution is -0.385. The van der Waals surface area contributed by atoms with Crippen molar-refractivity contribution in [3.8, 4) is 0 Å². The summed E-state index contributed by atoms with van der Waals surface area (Å²) in [6.07, 6.45) is -31.3. The molecule has 4 heterocycles. The predicted octanol–water partition coefficient (Wildman–Crippen LogP) is 17.4. The molecule has 4 fully saturated rings. The molecule has 143 heavy (non-hydrogen) atoms. The van der Waals surface area contributed by atoms with Crippen LogP contribution >= 0.6 is 0 Å². The minimum atomic E-state index is -2.26. The lowest BCUT2D eigenvalue weighted by Gasteiger charge is -2.51. The number of hydrogen-bond acceptors (Lipinski definition) is 27. The van der Waals surface area contributed by atoms with E-state index in [1.807, 2.05) is 182 Å². The lowest BCUT2D eigenvalue weighted by Crippen LogP contribution is -2.69. The molecule has 4 aliphatic heterocycles. The Balaban J connectivity index is 0.836. The molecule has 28 nitrogen and oxygen atoms in total. The second-order valence-corrected chi connectivity index (χ2v) is 34.2. The van der Waals surface area contributed by atoms with Crippen molar-refractivity contribution in [3.63, 3.8) is 0 Å².